The average Bonchev–Trinajstić information content (AvgIpc) is 2.85. The molecule has 1 atom stereocenters. The van der Waals surface area contributed by atoms with Crippen LogP contribution < -0.4 is 10.2 Å². The van der Waals surface area contributed by atoms with Gasteiger partial charge in [-0.1, -0.05) is 12.1 Å². The van der Waals surface area contributed by atoms with Crippen molar-refractivity contribution in [3.63, 3.8) is 0 Å². The predicted octanol–water partition coefficient (Wildman–Crippen LogP) is 2.39. The van der Waals surface area contributed by atoms with Gasteiger partial charge in [0.2, 0.25) is 5.95 Å². The van der Waals surface area contributed by atoms with Crippen molar-refractivity contribution in [2.45, 2.75) is 13.0 Å². The molecule has 1 aromatic heterocycles. The van der Waals surface area contributed by atoms with Gasteiger partial charge in [0.15, 0.2) is 5.96 Å². The van der Waals surface area contributed by atoms with Crippen molar-refractivity contribution in [3.8, 4) is 0 Å². The predicted molar refractivity (Wildman–Crippen MR) is 139 cm³/mol. The molecule has 0 amide bonds. The van der Waals surface area contributed by atoms with E-state index in [1.807, 2.05) is 12.1 Å². The summed E-state index contributed by atoms with van der Waals surface area (Å²) in [5, 5.41) is 3.44. The topological polar surface area (TPSA) is 69.1 Å². The monoisotopic (exact) mass is 569 g/mol. The van der Waals surface area contributed by atoms with Crippen LogP contribution in [0.5, 0.6) is 0 Å². The molecule has 0 bridgehead atoms. The van der Waals surface area contributed by atoms with E-state index in [-0.39, 0.29) is 35.8 Å². The lowest BCUT2D eigenvalue weighted by molar-refractivity contribution is 0.0179. The maximum Gasteiger partial charge on any atom is 0.225 e. The van der Waals surface area contributed by atoms with E-state index in [1.54, 1.807) is 24.5 Å². The summed E-state index contributed by atoms with van der Waals surface area (Å²) in [6.07, 6.45) is 3.55. The zero-order chi connectivity index (χ0) is 22.2. The number of rotatable bonds is 6. The molecule has 1 unspecified atom stereocenters. The third-order valence-corrected chi connectivity index (χ3v) is 5.88. The fraction of sp³-hybridized carbons (Fsp3) is 0.522. The molecule has 10 heteroatoms. The van der Waals surface area contributed by atoms with Gasteiger partial charge in [-0.2, -0.15) is 0 Å². The highest BCUT2D eigenvalue weighted by Gasteiger charge is 2.25. The summed E-state index contributed by atoms with van der Waals surface area (Å²) in [5.41, 5.74) is 0.956. The first-order valence-corrected chi connectivity index (χ1v) is 11.4. The maximum absolute atomic E-state index is 14.0. The minimum atomic E-state index is -0.212. The molecular formula is C23H33FIN7O. The van der Waals surface area contributed by atoms with Gasteiger partial charge in [-0.05, 0) is 30.7 Å². The van der Waals surface area contributed by atoms with Crippen LogP contribution in [0, 0.1) is 5.82 Å². The number of hydrogen-bond donors (Lipinski definition) is 1. The molecule has 33 heavy (non-hydrogen) atoms. The SMILES string of the molecule is CCNC(=NCC(c1cccc(F)c1)N1CCOCC1)N1CCN(c2ncccn2)CC1.I. The molecule has 8 nitrogen and oxygen atoms in total. The number of benzene rings is 1. The summed E-state index contributed by atoms with van der Waals surface area (Å²) in [7, 11) is 0. The smallest absolute Gasteiger partial charge is 0.225 e. The molecule has 0 saturated carbocycles. The number of aromatic nitrogens is 2. The normalized spacial score (nSPS) is 18.5. The Bertz CT molecular complexity index is 874. The highest BCUT2D eigenvalue weighted by Crippen LogP contribution is 2.23. The lowest BCUT2D eigenvalue weighted by Gasteiger charge is -2.37. The largest absolute Gasteiger partial charge is 0.379 e. The molecule has 2 aliphatic heterocycles. The average molecular weight is 569 g/mol. The van der Waals surface area contributed by atoms with E-state index in [0.717, 1.165) is 63.3 Å². The van der Waals surface area contributed by atoms with Gasteiger partial charge < -0.3 is 19.9 Å². The van der Waals surface area contributed by atoms with Crippen LogP contribution >= 0.6 is 24.0 Å². The number of nitrogens with one attached hydrogen (secondary N) is 1. The Labute approximate surface area is 212 Å². The second-order valence-electron chi connectivity index (χ2n) is 7.94. The second-order valence-corrected chi connectivity index (χ2v) is 7.94. The number of guanidine groups is 1. The minimum Gasteiger partial charge on any atom is -0.379 e. The van der Waals surface area contributed by atoms with Gasteiger partial charge in [-0.25, -0.2) is 14.4 Å². The number of morpholine rings is 1. The Balaban J connectivity index is 0.00000306. The highest BCUT2D eigenvalue weighted by molar-refractivity contribution is 14.0. The molecule has 180 valence electrons. The van der Waals surface area contributed by atoms with E-state index in [9.17, 15) is 4.39 Å². The van der Waals surface area contributed by atoms with Crippen molar-refractivity contribution >= 4 is 35.9 Å². The molecule has 4 rings (SSSR count). The van der Waals surface area contributed by atoms with Crippen molar-refractivity contribution in [2.24, 2.45) is 4.99 Å². The second kappa shape index (κ2) is 13.0. The molecule has 2 saturated heterocycles. The van der Waals surface area contributed by atoms with Gasteiger partial charge in [-0.15, -0.1) is 24.0 Å². The third kappa shape index (κ3) is 6.97. The fourth-order valence-electron chi connectivity index (χ4n) is 4.21. The van der Waals surface area contributed by atoms with Gasteiger partial charge in [0.1, 0.15) is 5.82 Å². The number of piperazine rings is 1. The van der Waals surface area contributed by atoms with Gasteiger partial charge in [-0.3, -0.25) is 9.89 Å². The van der Waals surface area contributed by atoms with E-state index in [4.69, 9.17) is 9.73 Å². The first kappa shape index (κ1) is 25.6. The maximum atomic E-state index is 14.0. The summed E-state index contributed by atoms with van der Waals surface area (Å²) in [6, 6.07) is 8.73. The van der Waals surface area contributed by atoms with Gasteiger partial charge in [0, 0.05) is 58.2 Å². The van der Waals surface area contributed by atoms with Crippen molar-refractivity contribution in [2.75, 3.05) is 70.5 Å². The summed E-state index contributed by atoms with van der Waals surface area (Å²) in [4.78, 5) is 20.5. The molecule has 1 aromatic carbocycles. The Kier molecular flexibility index (Phi) is 10.1. The third-order valence-electron chi connectivity index (χ3n) is 5.88. The summed E-state index contributed by atoms with van der Waals surface area (Å²) >= 11 is 0. The number of aliphatic imine (C=N–C) groups is 1. The summed E-state index contributed by atoms with van der Waals surface area (Å²) in [5.74, 6) is 1.46. The Morgan fingerprint density at radius 1 is 1.09 bits per heavy atom. The van der Waals surface area contributed by atoms with E-state index in [2.05, 4.69) is 36.9 Å². The van der Waals surface area contributed by atoms with E-state index in [0.29, 0.717) is 19.8 Å². The van der Waals surface area contributed by atoms with Crippen LogP contribution in [0.2, 0.25) is 0 Å². The standard InChI is InChI=1S/C23H32FN7O.HI/c1-2-25-22(30-9-11-31(12-10-30)23-26-7-4-8-27-23)28-18-21(29-13-15-32-16-14-29)19-5-3-6-20(24)17-19;/h3-8,17,21H,2,9-16,18H2,1H3,(H,25,28);1H. The van der Waals surface area contributed by atoms with Gasteiger partial charge in [0.05, 0.1) is 25.8 Å². The number of hydrogen-bond acceptors (Lipinski definition) is 6. The van der Waals surface area contributed by atoms with Crippen LogP contribution in [0.25, 0.3) is 0 Å². The van der Waals surface area contributed by atoms with E-state index in [1.165, 1.54) is 6.07 Å². The Morgan fingerprint density at radius 3 is 2.48 bits per heavy atom. The molecule has 3 heterocycles. The van der Waals surface area contributed by atoms with Crippen LogP contribution in [0.4, 0.5) is 10.3 Å². The van der Waals surface area contributed by atoms with E-state index >= 15 is 0 Å². The number of anilines is 1. The molecule has 2 fully saturated rings. The molecule has 0 spiro atoms. The molecular weight excluding hydrogens is 536 g/mol. The van der Waals surface area contributed by atoms with Crippen molar-refractivity contribution in [1.82, 2.24) is 25.1 Å². The quantitative estimate of drug-likeness (QED) is 0.326. The fourth-order valence-corrected chi connectivity index (χ4v) is 4.21. The van der Waals surface area contributed by atoms with Crippen molar-refractivity contribution < 1.29 is 9.13 Å². The van der Waals surface area contributed by atoms with Crippen molar-refractivity contribution in [1.29, 1.82) is 0 Å². The number of ether oxygens (including phenoxy) is 1. The Morgan fingerprint density at radius 2 is 1.82 bits per heavy atom. The van der Waals surface area contributed by atoms with Crippen LogP contribution in [0.3, 0.4) is 0 Å². The number of nitrogens with zero attached hydrogens (tertiary/aromatic N) is 6. The molecule has 2 aliphatic rings. The van der Waals surface area contributed by atoms with E-state index < -0.39 is 0 Å². The van der Waals surface area contributed by atoms with Gasteiger partial charge >= 0.3 is 0 Å². The lowest BCUT2D eigenvalue weighted by Crippen LogP contribution is -2.53. The van der Waals surface area contributed by atoms with Gasteiger partial charge in [0.25, 0.3) is 0 Å². The zero-order valence-corrected chi connectivity index (χ0v) is 21.4. The first-order valence-electron chi connectivity index (χ1n) is 11.4. The zero-order valence-electron chi connectivity index (χ0n) is 19.1. The first-order chi connectivity index (χ1) is 15.7. The van der Waals surface area contributed by atoms with Crippen LogP contribution in [-0.4, -0.2) is 91.3 Å². The molecule has 0 radical (unpaired) electrons. The summed E-state index contributed by atoms with van der Waals surface area (Å²) in [6.45, 7) is 9.83. The van der Waals surface area contributed by atoms with Crippen molar-refractivity contribution in [3.05, 3.63) is 54.1 Å². The van der Waals surface area contributed by atoms with Crippen LogP contribution in [0.15, 0.2) is 47.7 Å². The van der Waals surface area contributed by atoms with Crippen LogP contribution in [0.1, 0.15) is 18.5 Å². The molecule has 0 aliphatic carbocycles. The highest BCUT2D eigenvalue weighted by atomic mass is 127. The molecule has 1 N–H and O–H groups in total. The minimum absolute atomic E-state index is 0. The Hall–Kier alpha value is -2.05. The van der Waals surface area contributed by atoms with Crippen LogP contribution in [-0.2, 0) is 4.74 Å². The number of halogens is 2. The molecule has 2 aromatic rings. The lowest BCUT2D eigenvalue weighted by atomic mass is 10.0. The summed E-state index contributed by atoms with van der Waals surface area (Å²) < 4.78 is 19.5.